The normalized spacial score (nSPS) is 18.2. The van der Waals surface area contributed by atoms with Crippen LogP contribution in [-0.2, 0) is 41.6 Å². The molecule has 0 bridgehead atoms. The van der Waals surface area contributed by atoms with Gasteiger partial charge in [0.05, 0.1) is 36.4 Å². The summed E-state index contributed by atoms with van der Waals surface area (Å²) in [6, 6.07) is 11.2. The molecular weight excluding hydrogens is 816 g/mol. The second kappa shape index (κ2) is 22.4. The molecule has 4 rings (SSSR count). The van der Waals surface area contributed by atoms with Crippen LogP contribution in [0.1, 0.15) is 49.7 Å². The van der Waals surface area contributed by atoms with Crippen molar-refractivity contribution in [2.24, 2.45) is 10.3 Å². The summed E-state index contributed by atoms with van der Waals surface area (Å²) in [4.78, 5) is 37.5. The van der Waals surface area contributed by atoms with E-state index in [0.29, 0.717) is 49.3 Å². The quantitative estimate of drug-likeness (QED) is 0.0705. The Morgan fingerprint density at radius 2 is 1.18 bits per heavy atom. The minimum atomic E-state index is -0.452. The summed E-state index contributed by atoms with van der Waals surface area (Å²) < 4.78 is 23.4. The standard InChI is InChI=1S/C34H44Br2N4O8S2/c1-43-29-11-9-23(19-25(29)35)21-27(39-47-31-7-3-5-15-45-31)33(41)37-13-17-49-50-18-14-38-34(42)28(40-48-32-8-4-6-16-46-32)22-24-10-12-30(44-2)26(36)20-24/h9-12,19-20,31-32H,3-8,13-18,21-22H2,1-2H3,(H,37,41)(H,38,42)/b39-27-,40-28-. The van der Waals surface area contributed by atoms with Crippen molar-refractivity contribution in [2.75, 3.05) is 52.0 Å². The number of nitrogens with one attached hydrogen (secondary N) is 2. The van der Waals surface area contributed by atoms with Crippen LogP contribution in [0.15, 0.2) is 55.7 Å². The maximum Gasteiger partial charge on any atom is 0.269 e. The fraction of sp³-hybridized carbons (Fsp3) is 0.529. The Kier molecular flexibility index (Phi) is 18.1. The first kappa shape index (κ1) is 40.3. The molecule has 0 aliphatic carbocycles. The minimum absolute atomic E-state index is 0.259. The molecule has 0 aromatic heterocycles. The van der Waals surface area contributed by atoms with Gasteiger partial charge in [0.15, 0.2) is 0 Å². The highest BCUT2D eigenvalue weighted by Gasteiger charge is 2.20. The Morgan fingerprint density at radius 1 is 0.740 bits per heavy atom. The third kappa shape index (κ3) is 13.9. The lowest BCUT2D eigenvalue weighted by atomic mass is 10.1. The summed E-state index contributed by atoms with van der Waals surface area (Å²) in [5.74, 6) is 2.11. The monoisotopic (exact) mass is 858 g/mol. The molecule has 2 heterocycles. The van der Waals surface area contributed by atoms with Crippen molar-refractivity contribution in [3.8, 4) is 11.5 Å². The zero-order valence-corrected chi connectivity index (χ0v) is 33.1. The Labute approximate surface area is 318 Å². The van der Waals surface area contributed by atoms with E-state index in [1.807, 2.05) is 36.4 Å². The van der Waals surface area contributed by atoms with Crippen LogP contribution in [0, 0.1) is 0 Å². The van der Waals surface area contributed by atoms with Crippen LogP contribution in [0.25, 0.3) is 0 Å². The molecule has 0 spiro atoms. The van der Waals surface area contributed by atoms with Crippen LogP contribution in [0.5, 0.6) is 11.5 Å². The first-order valence-electron chi connectivity index (χ1n) is 16.5. The first-order valence-corrected chi connectivity index (χ1v) is 20.6. The van der Waals surface area contributed by atoms with Gasteiger partial charge < -0.3 is 39.3 Å². The van der Waals surface area contributed by atoms with Crippen molar-refractivity contribution >= 4 is 76.7 Å². The van der Waals surface area contributed by atoms with Crippen LogP contribution >= 0.6 is 53.4 Å². The minimum Gasteiger partial charge on any atom is -0.496 e. The molecule has 2 aliphatic heterocycles. The number of oxime groups is 2. The zero-order chi connectivity index (χ0) is 35.6. The summed E-state index contributed by atoms with van der Waals surface area (Å²) in [6.45, 7) is 2.10. The number of methoxy groups -OCH3 is 2. The van der Waals surface area contributed by atoms with Crippen LogP contribution in [-0.4, -0.2) is 87.8 Å². The molecule has 0 radical (unpaired) electrons. The van der Waals surface area contributed by atoms with Crippen LogP contribution in [0.3, 0.4) is 0 Å². The third-order valence-corrected chi connectivity index (χ3v) is 11.2. The van der Waals surface area contributed by atoms with Crippen LogP contribution in [0.2, 0.25) is 0 Å². The summed E-state index contributed by atoms with van der Waals surface area (Å²) in [7, 11) is 6.41. The Bertz CT molecular complexity index is 1350. The van der Waals surface area contributed by atoms with Gasteiger partial charge in [-0.1, -0.05) is 44.0 Å². The van der Waals surface area contributed by atoms with Gasteiger partial charge >= 0.3 is 0 Å². The molecule has 16 heteroatoms. The molecule has 2 amide bonds. The van der Waals surface area contributed by atoms with Gasteiger partial charge in [-0.25, -0.2) is 0 Å². The van der Waals surface area contributed by atoms with Gasteiger partial charge in [-0.3, -0.25) is 9.59 Å². The first-order chi connectivity index (χ1) is 24.4. The molecule has 2 atom stereocenters. The SMILES string of the molecule is COc1ccc(C/C(=N/OC2CCCCO2)C(=O)NCCSSCCNC(=O)/C(Cc2ccc(OC)c(Br)c2)=N\OC2CCCCO2)cc1Br. The van der Waals surface area contributed by atoms with Crippen molar-refractivity contribution in [3.05, 3.63) is 56.5 Å². The Morgan fingerprint density at radius 3 is 1.54 bits per heavy atom. The van der Waals surface area contributed by atoms with Gasteiger partial charge in [0, 0.05) is 50.3 Å². The maximum absolute atomic E-state index is 13.1. The molecule has 50 heavy (non-hydrogen) atoms. The summed E-state index contributed by atoms with van der Waals surface area (Å²) in [5, 5.41) is 14.3. The smallest absolute Gasteiger partial charge is 0.269 e. The van der Waals surface area contributed by atoms with Crippen molar-refractivity contribution in [2.45, 2.75) is 63.9 Å². The number of halogens is 2. The topological polar surface area (TPSA) is 138 Å². The van der Waals surface area contributed by atoms with E-state index in [0.717, 1.165) is 58.6 Å². The molecule has 274 valence electrons. The number of amides is 2. The lowest BCUT2D eigenvalue weighted by molar-refractivity contribution is -0.162. The van der Waals surface area contributed by atoms with Crippen molar-refractivity contribution in [1.29, 1.82) is 0 Å². The molecule has 12 nitrogen and oxygen atoms in total. The molecule has 2 unspecified atom stereocenters. The third-order valence-electron chi connectivity index (χ3n) is 7.56. The highest BCUT2D eigenvalue weighted by Crippen LogP contribution is 2.27. The number of hydrogen-bond acceptors (Lipinski definition) is 12. The molecule has 2 aromatic rings. The second-order valence-electron chi connectivity index (χ2n) is 11.3. The highest BCUT2D eigenvalue weighted by atomic mass is 79.9. The van der Waals surface area contributed by atoms with Crippen molar-refractivity contribution < 1.29 is 38.2 Å². The molecule has 0 saturated carbocycles. The number of carbonyl (C=O) groups excluding carboxylic acids is 2. The molecule has 2 N–H and O–H groups in total. The van der Waals surface area contributed by atoms with E-state index in [2.05, 4.69) is 52.8 Å². The van der Waals surface area contributed by atoms with E-state index in [-0.39, 0.29) is 36.1 Å². The predicted octanol–water partition coefficient (Wildman–Crippen LogP) is 6.43. The van der Waals surface area contributed by atoms with Gasteiger partial charge in [0.25, 0.3) is 11.8 Å². The largest absolute Gasteiger partial charge is 0.496 e. The van der Waals surface area contributed by atoms with Gasteiger partial charge in [0.2, 0.25) is 12.6 Å². The molecule has 2 aromatic carbocycles. The fourth-order valence-corrected chi connectivity index (χ4v) is 7.89. The number of carbonyl (C=O) groups is 2. The number of rotatable bonds is 19. The zero-order valence-electron chi connectivity index (χ0n) is 28.3. The highest BCUT2D eigenvalue weighted by molar-refractivity contribution is 9.11. The summed E-state index contributed by atoms with van der Waals surface area (Å²) in [6.07, 6.45) is 5.09. The average Bonchev–Trinajstić information content (AvgIpc) is 3.13. The Balaban J connectivity index is 1.21. The van der Waals surface area contributed by atoms with E-state index >= 15 is 0 Å². The van der Waals surface area contributed by atoms with Gasteiger partial charge in [-0.05, 0) is 92.9 Å². The van der Waals surface area contributed by atoms with Crippen LogP contribution in [0.4, 0.5) is 0 Å². The Hall–Kier alpha value is -2.50. The molecule has 2 saturated heterocycles. The van der Waals surface area contributed by atoms with Gasteiger partial charge in [-0.15, -0.1) is 0 Å². The lowest BCUT2D eigenvalue weighted by Crippen LogP contribution is -2.35. The van der Waals surface area contributed by atoms with Gasteiger partial charge in [-0.2, -0.15) is 0 Å². The van der Waals surface area contributed by atoms with Crippen molar-refractivity contribution in [3.63, 3.8) is 0 Å². The van der Waals surface area contributed by atoms with Crippen molar-refractivity contribution in [1.82, 2.24) is 10.6 Å². The van der Waals surface area contributed by atoms with E-state index in [1.165, 1.54) is 0 Å². The van der Waals surface area contributed by atoms with E-state index in [4.69, 9.17) is 28.6 Å². The second-order valence-corrected chi connectivity index (χ2v) is 15.7. The number of hydrogen-bond donors (Lipinski definition) is 2. The van der Waals surface area contributed by atoms with E-state index in [1.54, 1.807) is 35.8 Å². The predicted molar refractivity (Wildman–Crippen MR) is 204 cm³/mol. The number of benzene rings is 2. The van der Waals surface area contributed by atoms with E-state index < -0.39 is 12.6 Å². The lowest BCUT2D eigenvalue weighted by Gasteiger charge is -2.20. The molecule has 2 fully saturated rings. The number of ether oxygens (including phenoxy) is 4. The summed E-state index contributed by atoms with van der Waals surface area (Å²) >= 11 is 7.01. The molecule has 2 aliphatic rings. The van der Waals surface area contributed by atoms with Gasteiger partial charge in [0.1, 0.15) is 22.9 Å². The maximum atomic E-state index is 13.1. The van der Waals surface area contributed by atoms with E-state index in [9.17, 15) is 9.59 Å². The average molecular weight is 861 g/mol. The number of nitrogens with zero attached hydrogens (tertiary/aromatic N) is 2. The fourth-order valence-electron chi connectivity index (χ4n) is 4.90. The summed E-state index contributed by atoms with van der Waals surface area (Å²) in [5.41, 5.74) is 2.28. The molecular formula is C34H44Br2N4O8S2. The van der Waals surface area contributed by atoms with Crippen LogP contribution < -0.4 is 20.1 Å².